The maximum absolute atomic E-state index is 10.8. The van der Waals surface area contributed by atoms with Crippen molar-refractivity contribution >= 4 is 17.6 Å². The summed E-state index contributed by atoms with van der Waals surface area (Å²) in [7, 11) is 0. The molecule has 2 aromatic carbocycles. The number of carbonyl (C=O) groups is 1. The molecule has 0 aliphatic rings. The van der Waals surface area contributed by atoms with Crippen molar-refractivity contribution in [1.29, 1.82) is 0 Å². The Labute approximate surface area is 182 Å². The Bertz CT molecular complexity index is 788. The molecule has 2 aromatic rings. The van der Waals surface area contributed by atoms with E-state index >= 15 is 0 Å². The first-order valence-electron chi connectivity index (χ1n) is 9.74. The molecule has 0 heterocycles. The summed E-state index contributed by atoms with van der Waals surface area (Å²) < 4.78 is 15.8. The lowest BCUT2D eigenvalue weighted by Crippen LogP contribution is -2.24. The van der Waals surface area contributed by atoms with Crippen molar-refractivity contribution in [3.63, 3.8) is 0 Å². The number of benzene rings is 2. The van der Waals surface area contributed by atoms with Gasteiger partial charge < -0.3 is 24.4 Å². The fourth-order valence-corrected chi connectivity index (χ4v) is 2.88. The molecule has 30 heavy (non-hydrogen) atoms. The van der Waals surface area contributed by atoms with Crippen LogP contribution < -0.4 is 9.47 Å². The lowest BCUT2D eigenvalue weighted by molar-refractivity contribution is -0.144. The van der Waals surface area contributed by atoms with Gasteiger partial charge in [0.2, 0.25) is 0 Å². The number of esters is 1. The summed E-state index contributed by atoms with van der Waals surface area (Å²) in [5.41, 5.74) is 1.96. The number of ether oxygens (including phenoxy) is 3. The summed E-state index contributed by atoms with van der Waals surface area (Å²) in [4.78, 5) is 10.8. The van der Waals surface area contributed by atoms with Gasteiger partial charge >= 0.3 is 5.97 Å². The van der Waals surface area contributed by atoms with Gasteiger partial charge in [0, 0.05) is 12.3 Å². The average Bonchev–Trinajstić information content (AvgIpc) is 2.75. The largest absolute Gasteiger partial charge is 0.491 e. The van der Waals surface area contributed by atoms with Gasteiger partial charge in [0.05, 0.1) is 5.88 Å². The first kappa shape index (κ1) is 24.0. The van der Waals surface area contributed by atoms with Crippen LogP contribution in [0.1, 0.15) is 31.9 Å². The van der Waals surface area contributed by atoms with Crippen LogP contribution in [0.15, 0.2) is 48.5 Å². The summed E-state index contributed by atoms with van der Waals surface area (Å²) in [6, 6.07) is 15.4. The van der Waals surface area contributed by atoms with E-state index in [2.05, 4.69) is 13.8 Å². The predicted octanol–water partition coefficient (Wildman–Crippen LogP) is 3.29. The van der Waals surface area contributed by atoms with Gasteiger partial charge in [-0.2, -0.15) is 0 Å². The standard InChI is InChI=1S/C23H29ClO6/c1-16(25)28-14-20(27)15-30-22-10-6-18(7-11-22)23(2,3)17-4-8-21(9-5-17)29-13-19(26)12-24/h4-11,19-20,26-27H,12-15H2,1-3H3/t19-,20?/m1/s1. The SMILES string of the molecule is CC(=O)OCC(O)COc1ccc(C(C)(C)c2ccc(OC[C@H](O)CCl)cc2)cc1. The fourth-order valence-electron chi connectivity index (χ4n) is 2.79. The summed E-state index contributed by atoms with van der Waals surface area (Å²) in [6.45, 7) is 5.64. The third-order valence-electron chi connectivity index (χ3n) is 4.69. The second kappa shape index (κ2) is 11.2. The van der Waals surface area contributed by atoms with Gasteiger partial charge in [0.1, 0.15) is 43.5 Å². The van der Waals surface area contributed by atoms with Gasteiger partial charge in [-0.3, -0.25) is 4.79 Å². The molecule has 6 nitrogen and oxygen atoms in total. The molecule has 2 atom stereocenters. The lowest BCUT2D eigenvalue weighted by atomic mass is 9.78. The molecule has 0 spiro atoms. The van der Waals surface area contributed by atoms with E-state index in [1.807, 2.05) is 48.5 Å². The zero-order valence-corrected chi connectivity index (χ0v) is 18.3. The maximum Gasteiger partial charge on any atom is 0.302 e. The van der Waals surface area contributed by atoms with Crippen LogP contribution in [0.5, 0.6) is 11.5 Å². The number of halogens is 1. The molecule has 2 N–H and O–H groups in total. The van der Waals surface area contributed by atoms with Crippen molar-refractivity contribution in [2.45, 2.75) is 38.4 Å². The molecule has 0 aromatic heterocycles. The highest BCUT2D eigenvalue weighted by atomic mass is 35.5. The quantitative estimate of drug-likeness (QED) is 0.415. The Balaban J connectivity index is 1.96. The minimum atomic E-state index is -0.878. The van der Waals surface area contributed by atoms with Crippen molar-refractivity contribution in [3.05, 3.63) is 59.7 Å². The smallest absolute Gasteiger partial charge is 0.302 e. The monoisotopic (exact) mass is 436 g/mol. The fraction of sp³-hybridized carbons (Fsp3) is 0.435. The lowest BCUT2D eigenvalue weighted by Gasteiger charge is -2.26. The molecule has 2 rings (SSSR count). The topological polar surface area (TPSA) is 85.2 Å². The van der Waals surface area contributed by atoms with E-state index in [0.717, 1.165) is 11.1 Å². The molecule has 0 bridgehead atoms. The Morgan fingerprint density at radius 2 is 1.30 bits per heavy atom. The molecule has 0 aliphatic carbocycles. The summed E-state index contributed by atoms with van der Waals surface area (Å²) in [5, 5.41) is 19.3. The summed E-state index contributed by atoms with van der Waals surface area (Å²) in [6.07, 6.45) is -1.57. The molecular weight excluding hydrogens is 408 g/mol. The van der Waals surface area contributed by atoms with Crippen molar-refractivity contribution in [2.24, 2.45) is 0 Å². The average molecular weight is 437 g/mol. The van der Waals surface area contributed by atoms with Crippen LogP contribution in [0.2, 0.25) is 0 Å². The van der Waals surface area contributed by atoms with Crippen molar-refractivity contribution in [2.75, 3.05) is 25.7 Å². The Morgan fingerprint density at radius 1 is 0.867 bits per heavy atom. The number of hydrogen-bond acceptors (Lipinski definition) is 6. The van der Waals surface area contributed by atoms with Gasteiger partial charge in [-0.05, 0) is 35.4 Å². The molecular formula is C23H29ClO6. The summed E-state index contributed by atoms with van der Waals surface area (Å²) in [5.74, 6) is 0.997. The molecule has 1 unspecified atom stereocenters. The highest BCUT2D eigenvalue weighted by molar-refractivity contribution is 6.18. The zero-order valence-electron chi connectivity index (χ0n) is 17.5. The van der Waals surface area contributed by atoms with E-state index in [9.17, 15) is 15.0 Å². The van der Waals surface area contributed by atoms with Crippen LogP contribution in [-0.4, -0.2) is 54.1 Å². The number of hydrogen-bond donors (Lipinski definition) is 2. The van der Waals surface area contributed by atoms with Crippen LogP contribution >= 0.6 is 11.6 Å². The Kier molecular flexibility index (Phi) is 8.96. The summed E-state index contributed by atoms with van der Waals surface area (Å²) >= 11 is 5.57. The first-order valence-corrected chi connectivity index (χ1v) is 10.3. The van der Waals surface area contributed by atoms with E-state index in [4.69, 9.17) is 25.8 Å². The first-order chi connectivity index (χ1) is 14.2. The Morgan fingerprint density at radius 3 is 1.70 bits per heavy atom. The van der Waals surface area contributed by atoms with E-state index in [0.29, 0.717) is 11.5 Å². The van der Waals surface area contributed by atoms with Gasteiger partial charge in [-0.25, -0.2) is 0 Å². The minimum absolute atomic E-state index is 0.0376. The van der Waals surface area contributed by atoms with Crippen molar-refractivity contribution in [3.8, 4) is 11.5 Å². The number of rotatable bonds is 11. The van der Waals surface area contributed by atoms with E-state index in [1.165, 1.54) is 6.92 Å². The molecule has 0 amide bonds. The van der Waals surface area contributed by atoms with Crippen LogP contribution in [0.25, 0.3) is 0 Å². The van der Waals surface area contributed by atoms with Crippen LogP contribution in [0.4, 0.5) is 0 Å². The molecule has 0 saturated carbocycles. The maximum atomic E-state index is 10.8. The van der Waals surface area contributed by atoms with E-state index < -0.39 is 18.2 Å². The molecule has 0 saturated heterocycles. The number of aliphatic hydroxyl groups is 2. The van der Waals surface area contributed by atoms with Crippen LogP contribution in [0.3, 0.4) is 0 Å². The number of alkyl halides is 1. The third-order valence-corrected chi connectivity index (χ3v) is 5.05. The van der Waals surface area contributed by atoms with Gasteiger partial charge in [0.25, 0.3) is 0 Å². The second-order valence-corrected chi connectivity index (χ2v) is 7.87. The van der Waals surface area contributed by atoms with Gasteiger partial charge in [0.15, 0.2) is 0 Å². The molecule has 7 heteroatoms. The van der Waals surface area contributed by atoms with Crippen molar-refractivity contribution < 1.29 is 29.2 Å². The predicted molar refractivity (Wildman–Crippen MR) is 115 cm³/mol. The second-order valence-electron chi connectivity index (χ2n) is 7.56. The normalized spacial score (nSPS) is 13.4. The van der Waals surface area contributed by atoms with Gasteiger partial charge in [-0.15, -0.1) is 11.6 Å². The molecule has 0 fully saturated rings. The number of carbonyl (C=O) groups excluding carboxylic acids is 1. The molecule has 164 valence electrons. The minimum Gasteiger partial charge on any atom is -0.491 e. The van der Waals surface area contributed by atoms with Gasteiger partial charge in [-0.1, -0.05) is 38.1 Å². The van der Waals surface area contributed by atoms with Crippen molar-refractivity contribution in [1.82, 2.24) is 0 Å². The van der Waals surface area contributed by atoms with E-state index in [1.54, 1.807) is 0 Å². The van der Waals surface area contributed by atoms with E-state index in [-0.39, 0.29) is 31.1 Å². The highest BCUT2D eigenvalue weighted by Crippen LogP contribution is 2.33. The number of aliphatic hydroxyl groups excluding tert-OH is 2. The van der Waals surface area contributed by atoms with Crippen LogP contribution in [0, 0.1) is 0 Å². The zero-order chi connectivity index (χ0) is 22.1. The highest BCUT2D eigenvalue weighted by Gasteiger charge is 2.23. The Hall–Kier alpha value is -2.28. The van der Waals surface area contributed by atoms with Crippen LogP contribution in [-0.2, 0) is 14.9 Å². The molecule has 0 radical (unpaired) electrons. The third kappa shape index (κ3) is 7.20. The molecule has 0 aliphatic heterocycles.